The molecule has 1 N–H and O–H groups in total. The molecular weight excluding hydrogens is 418 g/mol. The number of sulfonamides is 1. The van der Waals surface area contributed by atoms with Gasteiger partial charge in [-0.3, -0.25) is 4.79 Å². The summed E-state index contributed by atoms with van der Waals surface area (Å²) in [4.78, 5) is 24.8. The highest BCUT2D eigenvalue weighted by molar-refractivity contribution is 7.89. The lowest BCUT2D eigenvalue weighted by molar-refractivity contribution is -0.123. The van der Waals surface area contributed by atoms with Gasteiger partial charge in [-0.25, -0.2) is 13.2 Å². The van der Waals surface area contributed by atoms with Crippen LogP contribution in [0, 0.1) is 11.3 Å². The fourth-order valence-corrected chi connectivity index (χ4v) is 4.73. The number of nitrogens with one attached hydrogen (secondary N) is 1. The molecule has 0 spiro atoms. The van der Waals surface area contributed by atoms with Crippen molar-refractivity contribution in [3.63, 3.8) is 0 Å². The average molecular weight is 442 g/mol. The van der Waals surface area contributed by atoms with Gasteiger partial charge < -0.3 is 10.1 Å². The zero-order chi connectivity index (χ0) is 22.4. The standard InChI is InChI=1S/C22H23N3O5S/c1-16(21(26)24-19-7-5-6-17(14-19)15-23)30-22(27)18-8-10-20(11-9-18)31(28,29)25-12-3-2-4-13-25/h5-11,14,16H,2-4,12-13H2,1H3,(H,24,26). The van der Waals surface area contributed by atoms with Crippen LogP contribution < -0.4 is 5.32 Å². The number of rotatable bonds is 6. The van der Waals surface area contributed by atoms with Crippen molar-refractivity contribution in [2.24, 2.45) is 0 Å². The molecule has 0 aliphatic carbocycles. The van der Waals surface area contributed by atoms with E-state index in [4.69, 9.17) is 10.00 Å². The van der Waals surface area contributed by atoms with E-state index in [2.05, 4.69) is 5.32 Å². The van der Waals surface area contributed by atoms with Crippen LogP contribution in [0.1, 0.15) is 42.1 Å². The first-order valence-electron chi connectivity index (χ1n) is 9.93. The number of piperidine rings is 1. The predicted molar refractivity (Wildman–Crippen MR) is 114 cm³/mol. The van der Waals surface area contributed by atoms with Crippen molar-refractivity contribution in [3.05, 3.63) is 59.7 Å². The van der Waals surface area contributed by atoms with Crippen molar-refractivity contribution in [2.75, 3.05) is 18.4 Å². The van der Waals surface area contributed by atoms with Crippen LogP contribution in [0.3, 0.4) is 0 Å². The van der Waals surface area contributed by atoms with Crippen molar-refractivity contribution >= 4 is 27.6 Å². The normalized spacial score (nSPS) is 15.5. The van der Waals surface area contributed by atoms with Gasteiger partial charge in [0.25, 0.3) is 5.91 Å². The summed E-state index contributed by atoms with van der Waals surface area (Å²) in [6, 6.07) is 13.8. The third kappa shape index (κ3) is 5.48. The fourth-order valence-electron chi connectivity index (χ4n) is 3.21. The highest BCUT2D eigenvalue weighted by Crippen LogP contribution is 2.21. The maximum absolute atomic E-state index is 12.7. The van der Waals surface area contributed by atoms with Crippen LogP contribution in [0.5, 0.6) is 0 Å². The molecule has 0 bridgehead atoms. The second-order valence-electron chi connectivity index (χ2n) is 7.22. The van der Waals surface area contributed by atoms with Gasteiger partial charge in [-0.05, 0) is 62.2 Å². The maximum Gasteiger partial charge on any atom is 0.338 e. The molecule has 0 radical (unpaired) electrons. The molecule has 1 fully saturated rings. The van der Waals surface area contributed by atoms with E-state index in [1.54, 1.807) is 18.2 Å². The predicted octanol–water partition coefficient (Wildman–Crippen LogP) is 2.92. The lowest BCUT2D eigenvalue weighted by Crippen LogP contribution is -2.35. The highest BCUT2D eigenvalue weighted by atomic mass is 32.2. The summed E-state index contributed by atoms with van der Waals surface area (Å²) >= 11 is 0. The largest absolute Gasteiger partial charge is 0.449 e. The van der Waals surface area contributed by atoms with E-state index in [0.29, 0.717) is 24.3 Å². The zero-order valence-electron chi connectivity index (χ0n) is 17.1. The van der Waals surface area contributed by atoms with Gasteiger partial charge in [0, 0.05) is 18.8 Å². The van der Waals surface area contributed by atoms with Gasteiger partial charge in [0.2, 0.25) is 10.0 Å². The van der Waals surface area contributed by atoms with E-state index >= 15 is 0 Å². The number of nitrogens with zero attached hydrogens (tertiary/aromatic N) is 2. The molecule has 1 atom stereocenters. The molecule has 162 valence electrons. The molecule has 1 aliphatic heterocycles. The molecule has 3 rings (SSSR count). The van der Waals surface area contributed by atoms with Gasteiger partial charge in [0.05, 0.1) is 22.1 Å². The summed E-state index contributed by atoms with van der Waals surface area (Å²) in [5.74, 6) is -1.29. The van der Waals surface area contributed by atoms with Gasteiger partial charge in [0.15, 0.2) is 6.10 Å². The molecule has 2 aromatic carbocycles. The lowest BCUT2D eigenvalue weighted by Gasteiger charge is -2.25. The summed E-state index contributed by atoms with van der Waals surface area (Å²) in [7, 11) is -3.59. The molecule has 1 unspecified atom stereocenters. The van der Waals surface area contributed by atoms with Crippen molar-refractivity contribution in [3.8, 4) is 6.07 Å². The van der Waals surface area contributed by atoms with Crippen LogP contribution in [-0.4, -0.2) is 43.8 Å². The maximum atomic E-state index is 12.7. The number of carbonyl (C=O) groups excluding carboxylic acids is 2. The minimum atomic E-state index is -3.59. The Hall–Kier alpha value is -3.22. The van der Waals surface area contributed by atoms with Crippen molar-refractivity contribution in [2.45, 2.75) is 37.2 Å². The summed E-state index contributed by atoms with van der Waals surface area (Å²) in [5, 5.41) is 11.5. The molecule has 9 heteroatoms. The lowest BCUT2D eigenvalue weighted by atomic mass is 10.2. The van der Waals surface area contributed by atoms with E-state index in [-0.39, 0.29) is 10.5 Å². The second-order valence-corrected chi connectivity index (χ2v) is 9.16. The van der Waals surface area contributed by atoms with Crippen molar-refractivity contribution in [1.29, 1.82) is 5.26 Å². The number of hydrogen-bond acceptors (Lipinski definition) is 6. The Balaban J connectivity index is 1.62. The molecular formula is C22H23N3O5S. The Morgan fingerprint density at radius 3 is 2.42 bits per heavy atom. The van der Waals surface area contributed by atoms with Crippen LogP contribution in [-0.2, 0) is 19.6 Å². The zero-order valence-corrected chi connectivity index (χ0v) is 17.9. The number of anilines is 1. The van der Waals surface area contributed by atoms with Crippen LogP contribution >= 0.6 is 0 Å². The van der Waals surface area contributed by atoms with Gasteiger partial charge in [-0.15, -0.1) is 0 Å². The number of ether oxygens (including phenoxy) is 1. The highest BCUT2D eigenvalue weighted by Gasteiger charge is 2.26. The molecule has 8 nitrogen and oxygen atoms in total. The Morgan fingerprint density at radius 1 is 1.10 bits per heavy atom. The minimum absolute atomic E-state index is 0.120. The molecule has 0 aromatic heterocycles. The topological polar surface area (TPSA) is 117 Å². The van der Waals surface area contributed by atoms with Gasteiger partial charge >= 0.3 is 5.97 Å². The molecule has 1 saturated heterocycles. The number of esters is 1. The third-order valence-electron chi connectivity index (χ3n) is 4.96. The van der Waals surface area contributed by atoms with Gasteiger partial charge in [0.1, 0.15) is 0 Å². The van der Waals surface area contributed by atoms with Crippen LogP contribution in [0.25, 0.3) is 0 Å². The fraction of sp³-hybridized carbons (Fsp3) is 0.318. The number of carbonyl (C=O) groups is 2. The quantitative estimate of drug-likeness (QED) is 0.689. The molecule has 1 heterocycles. The van der Waals surface area contributed by atoms with Gasteiger partial charge in [-0.2, -0.15) is 9.57 Å². The minimum Gasteiger partial charge on any atom is -0.449 e. The molecule has 2 aromatic rings. The van der Waals surface area contributed by atoms with E-state index in [1.165, 1.54) is 41.6 Å². The Morgan fingerprint density at radius 2 is 1.77 bits per heavy atom. The molecule has 31 heavy (non-hydrogen) atoms. The van der Waals surface area contributed by atoms with Gasteiger partial charge in [-0.1, -0.05) is 12.5 Å². The number of hydrogen-bond donors (Lipinski definition) is 1. The smallest absolute Gasteiger partial charge is 0.338 e. The number of amides is 1. The van der Waals surface area contributed by atoms with Crippen molar-refractivity contribution in [1.82, 2.24) is 4.31 Å². The number of benzene rings is 2. The summed E-state index contributed by atoms with van der Waals surface area (Å²) in [6.07, 6.45) is 1.61. The molecule has 0 saturated carbocycles. The van der Waals surface area contributed by atoms with E-state index in [9.17, 15) is 18.0 Å². The Labute approximate surface area is 181 Å². The van der Waals surface area contributed by atoms with Crippen molar-refractivity contribution < 1.29 is 22.7 Å². The summed E-state index contributed by atoms with van der Waals surface area (Å²) in [6.45, 7) is 2.42. The first-order valence-corrected chi connectivity index (χ1v) is 11.4. The average Bonchev–Trinajstić information content (AvgIpc) is 2.79. The Kier molecular flexibility index (Phi) is 7.05. The van der Waals surface area contributed by atoms with Crippen LogP contribution in [0.2, 0.25) is 0 Å². The van der Waals surface area contributed by atoms with E-state index < -0.39 is 28.0 Å². The Bertz CT molecular complexity index is 1100. The summed E-state index contributed by atoms with van der Waals surface area (Å²) < 4.78 is 32.0. The molecule has 1 aliphatic rings. The first kappa shape index (κ1) is 22.5. The first-order chi connectivity index (χ1) is 14.8. The van der Waals surface area contributed by atoms with E-state index in [1.807, 2.05) is 6.07 Å². The third-order valence-corrected chi connectivity index (χ3v) is 6.87. The van der Waals surface area contributed by atoms with E-state index in [0.717, 1.165) is 19.3 Å². The second kappa shape index (κ2) is 9.73. The van der Waals surface area contributed by atoms with Crippen LogP contribution in [0.15, 0.2) is 53.4 Å². The van der Waals surface area contributed by atoms with Crippen LogP contribution in [0.4, 0.5) is 5.69 Å². The SMILES string of the molecule is CC(OC(=O)c1ccc(S(=O)(=O)N2CCCCC2)cc1)C(=O)Nc1cccc(C#N)c1. The monoisotopic (exact) mass is 441 g/mol. The summed E-state index contributed by atoms with van der Waals surface area (Å²) in [5.41, 5.74) is 0.949. The number of nitriles is 1. The molecule has 1 amide bonds.